The molecule has 0 bridgehead atoms. The van der Waals surface area contributed by atoms with Crippen LogP contribution >= 0.6 is 0 Å². The molecule has 1 aliphatic heterocycles. The molecule has 2 atom stereocenters. The molecule has 0 spiro atoms. The van der Waals surface area contributed by atoms with Gasteiger partial charge in [-0.2, -0.15) is 5.10 Å². The van der Waals surface area contributed by atoms with Gasteiger partial charge in [0, 0.05) is 18.5 Å². The summed E-state index contributed by atoms with van der Waals surface area (Å²) < 4.78 is 19.0. The molecule has 0 unspecified atom stereocenters. The second kappa shape index (κ2) is 6.72. The van der Waals surface area contributed by atoms with Crippen LogP contribution in [0.5, 0.6) is 5.75 Å². The lowest BCUT2D eigenvalue weighted by Crippen LogP contribution is -2.34. The second-order valence-electron chi connectivity index (χ2n) is 7.29. The molecule has 138 valence electrons. The molecule has 6 nitrogen and oxygen atoms in total. The van der Waals surface area contributed by atoms with Gasteiger partial charge in [0.25, 0.3) is 5.91 Å². The number of rotatable bonds is 5. The molecular weight excluding hydrogens is 337 g/mol. The van der Waals surface area contributed by atoms with Crippen molar-refractivity contribution in [3.63, 3.8) is 0 Å². The molecule has 2 N–H and O–H groups in total. The number of aliphatic hydroxyl groups is 1. The first kappa shape index (κ1) is 17.0. The number of aromatic amines is 1. The maximum atomic E-state index is 13.6. The number of carbonyl (C=O) groups is 1. The number of aromatic nitrogens is 2. The maximum absolute atomic E-state index is 13.6. The van der Waals surface area contributed by atoms with Gasteiger partial charge in [-0.25, -0.2) is 4.39 Å². The van der Waals surface area contributed by atoms with E-state index in [2.05, 4.69) is 10.2 Å². The molecule has 2 fully saturated rings. The predicted molar refractivity (Wildman–Crippen MR) is 92.1 cm³/mol. The van der Waals surface area contributed by atoms with Gasteiger partial charge < -0.3 is 14.7 Å². The summed E-state index contributed by atoms with van der Waals surface area (Å²) in [5.74, 6) is -0.0340. The van der Waals surface area contributed by atoms with Crippen LogP contribution < -0.4 is 4.74 Å². The number of hydrogen-bond acceptors (Lipinski definition) is 4. The number of nitrogens with one attached hydrogen (secondary N) is 1. The standard InChI is InChI=1S/C19H22FN3O3/c20-15-5-1-2-6-17(15)26-10-14-8-16(22-21-14)18(25)23-9-13-4-3-7-19(13,11-23)12-24/h1-2,5-6,8,13,24H,3-4,7,9-12H2,(H,21,22)/t13-,19+/m1/s1. The van der Waals surface area contributed by atoms with E-state index in [1.54, 1.807) is 29.2 Å². The number of nitrogens with zero attached hydrogens (tertiary/aromatic N) is 2. The molecule has 7 heteroatoms. The molecular formula is C19H22FN3O3. The number of para-hydroxylation sites is 1. The summed E-state index contributed by atoms with van der Waals surface area (Å²) in [5, 5.41) is 16.7. The average Bonchev–Trinajstić information content (AvgIpc) is 3.34. The fourth-order valence-electron chi connectivity index (χ4n) is 4.25. The number of H-pyrrole nitrogens is 1. The molecule has 4 rings (SSSR count). The number of aliphatic hydroxyl groups excluding tert-OH is 1. The lowest BCUT2D eigenvalue weighted by molar-refractivity contribution is 0.0729. The Bertz CT molecular complexity index is 809. The topological polar surface area (TPSA) is 78.5 Å². The summed E-state index contributed by atoms with van der Waals surface area (Å²) in [6, 6.07) is 7.82. The van der Waals surface area contributed by atoms with Crippen molar-refractivity contribution in [1.29, 1.82) is 0 Å². The van der Waals surface area contributed by atoms with Crippen LogP contribution in [-0.4, -0.2) is 45.8 Å². The van der Waals surface area contributed by atoms with E-state index in [0.717, 1.165) is 19.3 Å². The van der Waals surface area contributed by atoms with Crippen LogP contribution in [-0.2, 0) is 6.61 Å². The van der Waals surface area contributed by atoms with Crippen molar-refractivity contribution in [1.82, 2.24) is 15.1 Å². The molecule has 1 amide bonds. The van der Waals surface area contributed by atoms with Crippen LogP contribution in [0.3, 0.4) is 0 Å². The molecule has 1 aliphatic carbocycles. The highest BCUT2D eigenvalue weighted by molar-refractivity contribution is 5.92. The Labute approximate surface area is 151 Å². The third-order valence-electron chi connectivity index (χ3n) is 5.71. The average molecular weight is 359 g/mol. The number of halogens is 1. The fraction of sp³-hybridized carbons (Fsp3) is 0.474. The van der Waals surface area contributed by atoms with Gasteiger partial charge in [-0.15, -0.1) is 0 Å². The zero-order valence-corrected chi connectivity index (χ0v) is 14.4. The van der Waals surface area contributed by atoms with Crippen LogP contribution in [0.15, 0.2) is 30.3 Å². The molecule has 1 aromatic carbocycles. The van der Waals surface area contributed by atoms with Crippen LogP contribution in [0, 0.1) is 17.2 Å². The summed E-state index contributed by atoms with van der Waals surface area (Å²) >= 11 is 0. The number of benzene rings is 1. The van der Waals surface area contributed by atoms with Gasteiger partial charge in [-0.1, -0.05) is 18.6 Å². The fourth-order valence-corrected chi connectivity index (χ4v) is 4.25. The van der Waals surface area contributed by atoms with Crippen LogP contribution in [0.25, 0.3) is 0 Å². The Kier molecular flexibility index (Phi) is 4.40. The number of hydrogen-bond donors (Lipinski definition) is 2. The minimum atomic E-state index is -0.429. The number of carbonyl (C=O) groups excluding carboxylic acids is 1. The van der Waals surface area contributed by atoms with Crippen molar-refractivity contribution in [2.24, 2.45) is 11.3 Å². The molecule has 1 saturated heterocycles. The molecule has 1 saturated carbocycles. The van der Waals surface area contributed by atoms with Crippen molar-refractivity contribution in [2.45, 2.75) is 25.9 Å². The van der Waals surface area contributed by atoms with E-state index in [4.69, 9.17) is 4.74 Å². The van der Waals surface area contributed by atoms with Crippen molar-refractivity contribution < 1.29 is 19.0 Å². The Morgan fingerprint density at radius 2 is 2.31 bits per heavy atom. The smallest absolute Gasteiger partial charge is 0.274 e. The van der Waals surface area contributed by atoms with Gasteiger partial charge in [-0.05, 0) is 37.0 Å². The van der Waals surface area contributed by atoms with Gasteiger partial charge in [0.15, 0.2) is 17.3 Å². The predicted octanol–water partition coefficient (Wildman–Crippen LogP) is 2.36. The van der Waals surface area contributed by atoms with E-state index in [0.29, 0.717) is 30.4 Å². The summed E-state index contributed by atoms with van der Waals surface area (Å²) in [4.78, 5) is 14.5. The van der Waals surface area contributed by atoms with Gasteiger partial charge in [0.1, 0.15) is 6.61 Å². The first-order valence-corrected chi connectivity index (χ1v) is 8.93. The minimum Gasteiger partial charge on any atom is -0.484 e. The lowest BCUT2D eigenvalue weighted by atomic mass is 9.82. The highest BCUT2D eigenvalue weighted by Crippen LogP contribution is 2.48. The van der Waals surface area contributed by atoms with E-state index in [1.807, 2.05) is 0 Å². The second-order valence-corrected chi connectivity index (χ2v) is 7.29. The summed E-state index contributed by atoms with van der Waals surface area (Å²) in [5.41, 5.74) is 0.793. The number of fused-ring (bicyclic) bond motifs is 1. The Morgan fingerprint density at radius 3 is 3.08 bits per heavy atom. The number of likely N-dealkylation sites (tertiary alicyclic amines) is 1. The Balaban J connectivity index is 1.40. The molecule has 2 heterocycles. The normalized spacial score (nSPS) is 24.7. The number of amides is 1. The first-order chi connectivity index (χ1) is 12.6. The SMILES string of the molecule is O=C(c1cc(COc2ccccc2F)[nH]n1)N1C[C@H]2CCC[C@@]2(CO)C1. The summed E-state index contributed by atoms with van der Waals surface area (Å²) in [7, 11) is 0. The zero-order valence-electron chi connectivity index (χ0n) is 14.4. The third-order valence-corrected chi connectivity index (χ3v) is 5.71. The third kappa shape index (κ3) is 2.96. The monoisotopic (exact) mass is 359 g/mol. The van der Waals surface area contributed by atoms with Crippen molar-refractivity contribution in [3.05, 3.63) is 47.5 Å². The first-order valence-electron chi connectivity index (χ1n) is 8.93. The van der Waals surface area contributed by atoms with E-state index >= 15 is 0 Å². The van der Waals surface area contributed by atoms with Crippen LogP contribution in [0.1, 0.15) is 35.4 Å². The molecule has 2 aliphatic rings. The van der Waals surface area contributed by atoms with Gasteiger partial charge in [0.05, 0.1) is 12.3 Å². The Hall–Kier alpha value is -2.41. The lowest BCUT2D eigenvalue weighted by Gasteiger charge is -2.25. The van der Waals surface area contributed by atoms with E-state index in [-0.39, 0.29) is 30.3 Å². The van der Waals surface area contributed by atoms with Crippen molar-refractivity contribution in [2.75, 3.05) is 19.7 Å². The number of ether oxygens (including phenoxy) is 1. The molecule has 2 aromatic rings. The van der Waals surface area contributed by atoms with Crippen LogP contribution in [0.4, 0.5) is 4.39 Å². The van der Waals surface area contributed by atoms with Crippen LogP contribution in [0.2, 0.25) is 0 Å². The van der Waals surface area contributed by atoms with Gasteiger partial charge in [0.2, 0.25) is 0 Å². The molecule has 1 aromatic heterocycles. The molecule has 26 heavy (non-hydrogen) atoms. The van der Waals surface area contributed by atoms with Gasteiger partial charge >= 0.3 is 0 Å². The molecule has 0 radical (unpaired) electrons. The maximum Gasteiger partial charge on any atom is 0.274 e. The largest absolute Gasteiger partial charge is 0.484 e. The van der Waals surface area contributed by atoms with E-state index in [9.17, 15) is 14.3 Å². The van der Waals surface area contributed by atoms with E-state index < -0.39 is 5.82 Å². The summed E-state index contributed by atoms with van der Waals surface area (Å²) in [6.45, 7) is 1.49. The van der Waals surface area contributed by atoms with Gasteiger partial charge in [-0.3, -0.25) is 9.89 Å². The van der Waals surface area contributed by atoms with E-state index in [1.165, 1.54) is 6.07 Å². The highest BCUT2D eigenvalue weighted by Gasteiger charge is 2.50. The van der Waals surface area contributed by atoms with Crippen molar-refractivity contribution >= 4 is 5.91 Å². The quantitative estimate of drug-likeness (QED) is 0.859. The Morgan fingerprint density at radius 1 is 1.46 bits per heavy atom. The van der Waals surface area contributed by atoms with Crippen molar-refractivity contribution in [3.8, 4) is 5.75 Å². The summed E-state index contributed by atoms with van der Waals surface area (Å²) in [6.07, 6.45) is 3.15. The zero-order chi connectivity index (χ0) is 18.1. The highest BCUT2D eigenvalue weighted by atomic mass is 19.1. The minimum absolute atomic E-state index is 0.102.